The van der Waals surface area contributed by atoms with Crippen molar-refractivity contribution in [1.29, 1.82) is 0 Å². The molecule has 2 heterocycles. The van der Waals surface area contributed by atoms with Crippen molar-refractivity contribution in [3.8, 4) is 11.4 Å². The average molecular weight is 342 g/mol. The van der Waals surface area contributed by atoms with Gasteiger partial charge in [-0.25, -0.2) is 4.98 Å². The molecular weight excluding hydrogens is 320 g/mol. The fraction of sp³-hybridized carbons (Fsp3) is 0.389. The van der Waals surface area contributed by atoms with E-state index >= 15 is 0 Å². The second-order valence-corrected chi connectivity index (χ2v) is 6.71. The van der Waals surface area contributed by atoms with Crippen molar-refractivity contribution in [2.45, 2.75) is 38.6 Å². The van der Waals surface area contributed by atoms with Crippen molar-refractivity contribution in [3.63, 3.8) is 0 Å². The molecule has 0 unspecified atom stereocenters. The second kappa shape index (κ2) is 8.70. The average Bonchev–Trinajstić information content (AvgIpc) is 3.27. The number of rotatable bonds is 9. The van der Waals surface area contributed by atoms with Crippen LogP contribution in [0.25, 0.3) is 11.4 Å². The second-order valence-electron chi connectivity index (χ2n) is 5.76. The predicted molar refractivity (Wildman–Crippen MR) is 95.9 cm³/mol. The van der Waals surface area contributed by atoms with E-state index in [0.717, 1.165) is 55.0 Å². The molecule has 126 valence electrons. The van der Waals surface area contributed by atoms with Crippen LogP contribution in [0.4, 0.5) is 0 Å². The summed E-state index contributed by atoms with van der Waals surface area (Å²) in [4.78, 5) is 4.69. The Morgan fingerprint density at radius 1 is 1.00 bits per heavy atom. The van der Waals surface area contributed by atoms with Crippen LogP contribution >= 0.6 is 11.3 Å². The minimum atomic E-state index is 0.257. The summed E-state index contributed by atoms with van der Waals surface area (Å²) in [5.41, 5.74) is 3.08. The number of unbranched alkanes of at least 4 members (excludes halogenated alkanes) is 2. The van der Waals surface area contributed by atoms with Crippen LogP contribution in [0.3, 0.4) is 0 Å². The molecule has 0 bridgehead atoms. The van der Waals surface area contributed by atoms with Gasteiger partial charge in [0.25, 0.3) is 0 Å². The minimum Gasteiger partial charge on any atom is -0.396 e. The first-order valence-electron chi connectivity index (χ1n) is 8.35. The molecule has 0 aliphatic heterocycles. The highest BCUT2D eigenvalue weighted by Crippen LogP contribution is 2.21. The summed E-state index contributed by atoms with van der Waals surface area (Å²) in [7, 11) is 0. The molecule has 0 radical (unpaired) electrons. The predicted octanol–water partition coefficient (Wildman–Crippen LogP) is 3.35. The Bertz CT molecular complexity index is 738. The molecule has 0 saturated carbocycles. The first kappa shape index (κ1) is 16.8. The molecule has 24 heavy (non-hydrogen) atoms. The molecule has 0 atom stereocenters. The monoisotopic (exact) mass is 342 g/mol. The maximum Gasteiger partial charge on any atom is 0.132 e. The maximum absolute atomic E-state index is 8.79. The van der Waals surface area contributed by atoms with Gasteiger partial charge in [-0.1, -0.05) is 35.5 Å². The molecular formula is C18H22N4OS. The van der Waals surface area contributed by atoms with Gasteiger partial charge in [-0.15, -0.1) is 16.4 Å². The molecule has 3 rings (SSSR count). The zero-order chi connectivity index (χ0) is 16.6. The van der Waals surface area contributed by atoms with E-state index in [2.05, 4.69) is 44.9 Å². The van der Waals surface area contributed by atoms with Crippen LogP contribution < -0.4 is 0 Å². The number of benzene rings is 1. The molecule has 0 aliphatic carbocycles. The lowest BCUT2D eigenvalue weighted by atomic mass is 10.1. The highest BCUT2D eigenvalue weighted by molar-refractivity contribution is 7.09. The molecule has 2 aromatic heterocycles. The number of aliphatic hydroxyl groups excluding tert-OH is 1. The summed E-state index contributed by atoms with van der Waals surface area (Å²) in [5, 5.41) is 20.4. The highest BCUT2D eigenvalue weighted by atomic mass is 32.1. The van der Waals surface area contributed by atoms with E-state index in [1.165, 1.54) is 5.56 Å². The number of nitrogens with zero attached hydrogens (tertiary/aromatic N) is 4. The molecule has 6 heteroatoms. The van der Waals surface area contributed by atoms with Crippen molar-refractivity contribution in [3.05, 3.63) is 52.5 Å². The third-order valence-corrected chi connectivity index (χ3v) is 4.78. The molecule has 0 aliphatic rings. The van der Waals surface area contributed by atoms with Gasteiger partial charge in [0.1, 0.15) is 11.4 Å². The van der Waals surface area contributed by atoms with E-state index in [1.54, 1.807) is 11.3 Å². The van der Waals surface area contributed by atoms with Gasteiger partial charge in [-0.3, -0.25) is 4.68 Å². The molecule has 0 spiro atoms. The van der Waals surface area contributed by atoms with Crippen molar-refractivity contribution in [2.75, 3.05) is 6.61 Å². The molecule has 1 N–H and O–H groups in total. The van der Waals surface area contributed by atoms with Gasteiger partial charge in [0.2, 0.25) is 0 Å². The number of aryl methyl sites for hydroxylation is 3. The largest absolute Gasteiger partial charge is 0.396 e. The fourth-order valence-corrected chi connectivity index (χ4v) is 3.32. The lowest BCUT2D eigenvalue weighted by molar-refractivity contribution is 0.281. The molecule has 0 fully saturated rings. The first-order chi connectivity index (χ1) is 11.8. The van der Waals surface area contributed by atoms with E-state index in [-0.39, 0.29) is 6.61 Å². The first-order valence-corrected chi connectivity index (χ1v) is 9.23. The third-order valence-electron chi connectivity index (χ3n) is 3.87. The normalized spacial score (nSPS) is 11.0. The lowest BCUT2D eigenvalue weighted by Gasteiger charge is -1.98. The highest BCUT2D eigenvalue weighted by Gasteiger charge is 2.09. The molecule has 0 saturated heterocycles. The van der Waals surface area contributed by atoms with E-state index in [4.69, 9.17) is 5.11 Å². The number of aliphatic hydroxyl groups is 1. The Morgan fingerprint density at radius 3 is 2.71 bits per heavy atom. The summed E-state index contributed by atoms with van der Waals surface area (Å²) in [6.07, 6.45) is 6.76. The summed E-state index contributed by atoms with van der Waals surface area (Å²) in [5.74, 6) is 0. The zero-order valence-electron chi connectivity index (χ0n) is 13.6. The van der Waals surface area contributed by atoms with E-state index in [1.807, 2.05) is 16.9 Å². The number of thiazole rings is 1. The Kier molecular flexibility index (Phi) is 6.09. The SMILES string of the molecule is OCCCCCn1cc(-c2csc(CCc3ccccc3)n2)nn1. The van der Waals surface area contributed by atoms with Crippen LogP contribution in [0.5, 0.6) is 0 Å². The quantitative estimate of drug-likeness (QED) is 0.606. The van der Waals surface area contributed by atoms with Gasteiger partial charge in [0.05, 0.1) is 11.2 Å². The van der Waals surface area contributed by atoms with Crippen LogP contribution in [0, 0.1) is 0 Å². The van der Waals surface area contributed by atoms with E-state index in [0.29, 0.717) is 0 Å². The molecule has 1 aromatic carbocycles. The van der Waals surface area contributed by atoms with Crippen molar-refractivity contribution in [2.24, 2.45) is 0 Å². The Balaban J connectivity index is 1.54. The molecule has 0 amide bonds. The lowest BCUT2D eigenvalue weighted by Crippen LogP contribution is -1.99. The van der Waals surface area contributed by atoms with Gasteiger partial charge in [0, 0.05) is 25.0 Å². The van der Waals surface area contributed by atoms with Crippen LogP contribution in [-0.4, -0.2) is 31.7 Å². The van der Waals surface area contributed by atoms with E-state index in [9.17, 15) is 0 Å². The van der Waals surface area contributed by atoms with E-state index < -0.39 is 0 Å². The molecule has 5 nitrogen and oxygen atoms in total. The maximum atomic E-state index is 8.79. The summed E-state index contributed by atoms with van der Waals surface area (Å²) in [6.45, 7) is 1.09. The fourth-order valence-electron chi connectivity index (χ4n) is 2.53. The van der Waals surface area contributed by atoms with Gasteiger partial charge in [-0.05, 0) is 31.2 Å². The van der Waals surface area contributed by atoms with Gasteiger partial charge >= 0.3 is 0 Å². The minimum absolute atomic E-state index is 0.257. The van der Waals surface area contributed by atoms with Gasteiger partial charge < -0.3 is 5.11 Å². The van der Waals surface area contributed by atoms with Gasteiger partial charge in [0.15, 0.2) is 0 Å². The third kappa shape index (κ3) is 4.72. The zero-order valence-corrected chi connectivity index (χ0v) is 14.5. The Hall–Kier alpha value is -2.05. The topological polar surface area (TPSA) is 63.8 Å². The summed E-state index contributed by atoms with van der Waals surface area (Å²) < 4.78 is 1.86. The number of hydrogen-bond donors (Lipinski definition) is 1. The van der Waals surface area contributed by atoms with Crippen LogP contribution in [0.2, 0.25) is 0 Å². The van der Waals surface area contributed by atoms with Crippen molar-refractivity contribution >= 4 is 11.3 Å². The molecule has 3 aromatic rings. The van der Waals surface area contributed by atoms with Crippen molar-refractivity contribution < 1.29 is 5.11 Å². The Morgan fingerprint density at radius 2 is 1.88 bits per heavy atom. The van der Waals surface area contributed by atoms with Crippen LogP contribution in [-0.2, 0) is 19.4 Å². The van der Waals surface area contributed by atoms with Gasteiger partial charge in [-0.2, -0.15) is 0 Å². The van der Waals surface area contributed by atoms with Crippen LogP contribution in [0.1, 0.15) is 29.8 Å². The van der Waals surface area contributed by atoms with Crippen LogP contribution in [0.15, 0.2) is 41.9 Å². The summed E-state index contributed by atoms with van der Waals surface area (Å²) >= 11 is 1.68. The van der Waals surface area contributed by atoms with Crippen molar-refractivity contribution in [1.82, 2.24) is 20.0 Å². The summed E-state index contributed by atoms with van der Waals surface area (Å²) in [6, 6.07) is 10.5. The Labute approximate surface area is 146 Å². The smallest absolute Gasteiger partial charge is 0.132 e. The standard InChI is InChI=1S/C18H22N4OS/c23-12-6-2-5-11-22-13-16(20-21-22)17-14-24-18(19-17)10-9-15-7-3-1-4-8-15/h1,3-4,7-8,13-14,23H,2,5-6,9-12H2. The number of hydrogen-bond acceptors (Lipinski definition) is 5. The number of aromatic nitrogens is 4.